The highest BCUT2D eigenvalue weighted by molar-refractivity contribution is 5.82. The van der Waals surface area contributed by atoms with Gasteiger partial charge >= 0.3 is 0 Å². The SMILES string of the molecule is c1nc(N2CCN(CC3CCOC3)CC2)c2[nH]cnc2n1. The number of nitrogens with one attached hydrogen (secondary N) is 1. The minimum Gasteiger partial charge on any atom is -0.381 e. The molecule has 7 nitrogen and oxygen atoms in total. The minimum absolute atomic E-state index is 0.718. The van der Waals surface area contributed by atoms with Gasteiger partial charge in [-0.3, -0.25) is 4.90 Å². The van der Waals surface area contributed by atoms with Crippen LogP contribution in [-0.4, -0.2) is 70.8 Å². The molecule has 2 fully saturated rings. The number of aromatic amines is 1. The van der Waals surface area contributed by atoms with Crippen molar-refractivity contribution in [3.8, 4) is 0 Å². The maximum absolute atomic E-state index is 5.46. The van der Waals surface area contributed by atoms with E-state index in [1.54, 1.807) is 12.7 Å². The third kappa shape index (κ3) is 2.58. The lowest BCUT2D eigenvalue weighted by Gasteiger charge is -2.36. The van der Waals surface area contributed by atoms with Crippen molar-refractivity contribution in [2.75, 3.05) is 50.8 Å². The van der Waals surface area contributed by atoms with Gasteiger partial charge in [-0.25, -0.2) is 15.0 Å². The monoisotopic (exact) mass is 288 g/mol. The van der Waals surface area contributed by atoms with Crippen molar-refractivity contribution in [3.63, 3.8) is 0 Å². The highest BCUT2D eigenvalue weighted by atomic mass is 16.5. The summed E-state index contributed by atoms with van der Waals surface area (Å²) < 4.78 is 5.46. The van der Waals surface area contributed by atoms with Gasteiger partial charge in [0.25, 0.3) is 0 Å². The van der Waals surface area contributed by atoms with Gasteiger partial charge in [0, 0.05) is 39.3 Å². The molecule has 2 aromatic heterocycles. The molecular weight excluding hydrogens is 268 g/mol. The summed E-state index contributed by atoms with van der Waals surface area (Å²) in [7, 11) is 0. The number of rotatable bonds is 3. The fraction of sp³-hybridized carbons (Fsp3) is 0.643. The van der Waals surface area contributed by atoms with Gasteiger partial charge in [-0.15, -0.1) is 0 Å². The number of hydrogen-bond acceptors (Lipinski definition) is 6. The molecule has 2 aliphatic heterocycles. The Labute approximate surface area is 123 Å². The molecule has 4 rings (SSSR count). The second kappa shape index (κ2) is 5.57. The van der Waals surface area contributed by atoms with E-state index in [9.17, 15) is 0 Å². The molecule has 0 aromatic carbocycles. The summed E-state index contributed by atoms with van der Waals surface area (Å²) in [6.45, 7) is 7.19. The molecule has 0 spiro atoms. The Kier molecular flexibility index (Phi) is 3.44. The summed E-state index contributed by atoms with van der Waals surface area (Å²) in [4.78, 5) is 20.8. The summed E-state index contributed by atoms with van der Waals surface area (Å²) in [5.74, 6) is 1.69. The number of hydrogen-bond donors (Lipinski definition) is 1. The van der Waals surface area contributed by atoms with Gasteiger partial charge in [0.1, 0.15) is 11.8 Å². The van der Waals surface area contributed by atoms with Crippen molar-refractivity contribution in [3.05, 3.63) is 12.7 Å². The van der Waals surface area contributed by atoms with E-state index in [4.69, 9.17) is 4.74 Å². The zero-order chi connectivity index (χ0) is 14.1. The quantitative estimate of drug-likeness (QED) is 0.887. The molecule has 0 bridgehead atoms. The van der Waals surface area contributed by atoms with E-state index < -0.39 is 0 Å². The van der Waals surface area contributed by atoms with Crippen molar-refractivity contribution < 1.29 is 4.74 Å². The Bertz CT molecular complexity index is 600. The van der Waals surface area contributed by atoms with Crippen molar-refractivity contribution in [1.29, 1.82) is 0 Å². The predicted octanol–water partition coefficient (Wildman–Crippen LogP) is 0.511. The Morgan fingerprint density at radius 2 is 2.10 bits per heavy atom. The number of H-pyrrole nitrogens is 1. The molecule has 0 radical (unpaired) electrons. The first-order valence-corrected chi connectivity index (χ1v) is 7.59. The van der Waals surface area contributed by atoms with E-state index in [1.807, 2.05) is 0 Å². The van der Waals surface area contributed by atoms with Crippen LogP contribution < -0.4 is 4.90 Å². The molecule has 112 valence electrons. The first kappa shape index (κ1) is 13.0. The van der Waals surface area contributed by atoms with Gasteiger partial charge in [-0.1, -0.05) is 0 Å². The number of piperazine rings is 1. The highest BCUT2D eigenvalue weighted by Crippen LogP contribution is 2.21. The summed E-state index contributed by atoms with van der Waals surface area (Å²) in [6.07, 6.45) is 4.49. The van der Waals surface area contributed by atoms with Crippen LogP contribution in [0.5, 0.6) is 0 Å². The topological polar surface area (TPSA) is 70.2 Å². The van der Waals surface area contributed by atoms with E-state index in [1.165, 1.54) is 6.42 Å². The van der Waals surface area contributed by atoms with Gasteiger partial charge in [0.15, 0.2) is 11.5 Å². The van der Waals surface area contributed by atoms with Crippen LogP contribution in [0.1, 0.15) is 6.42 Å². The molecule has 1 unspecified atom stereocenters. The summed E-state index contributed by atoms with van der Waals surface area (Å²) in [5, 5.41) is 0. The van der Waals surface area contributed by atoms with Crippen LogP contribution in [0, 0.1) is 5.92 Å². The summed E-state index contributed by atoms with van der Waals surface area (Å²) >= 11 is 0. The van der Waals surface area contributed by atoms with E-state index in [0.717, 1.165) is 68.8 Å². The van der Waals surface area contributed by atoms with Crippen LogP contribution >= 0.6 is 0 Å². The molecule has 21 heavy (non-hydrogen) atoms. The van der Waals surface area contributed by atoms with Crippen LogP contribution in [0.25, 0.3) is 11.2 Å². The van der Waals surface area contributed by atoms with E-state index in [0.29, 0.717) is 0 Å². The lowest BCUT2D eigenvalue weighted by atomic mass is 10.1. The smallest absolute Gasteiger partial charge is 0.182 e. The second-order valence-electron chi connectivity index (χ2n) is 5.82. The number of nitrogens with zero attached hydrogens (tertiary/aromatic N) is 5. The third-order valence-electron chi connectivity index (χ3n) is 4.42. The van der Waals surface area contributed by atoms with E-state index in [-0.39, 0.29) is 0 Å². The lowest BCUT2D eigenvalue weighted by molar-refractivity contribution is 0.164. The Morgan fingerprint density at radius 3 is 2.90 bits per heavy atom. The molecule has 4 heterocycles. The Morgan fingerprint density at radius 1 is 1.19 bits per heavy atom. The lowest BCUT2D eigenvalue weighted by Crippen LogP contribution is -2.48. The van der Waals surface area contributed by atoms with Gasteiger partial charge in [-0.2, -0.15) is 0 Å². The first-order valence-electron chi connectivity index (χ1n) is 7.59. The van der Waals surface area contributed by atoms with Gasteiger partial charge < -0.3 is 14.6 Å². The van der Waals surface area contributed by atoms with Crippen LogP contribution in [0.4, 0.5) is 5.82 Å². The normalized spacial score (nSPS) is 24.0. The van der Waals surface area contributed by atoms with Crippen LogP contribution in [-0.2, 0) is 4.74 Å². The Balaban J connectivity index is 1.41. The van der Waals surface area contributed by atoms with E-state index in [2.05, 4.69) is 29.7 Å². The molecule has 0 aliphatic carbocycles. The maximum atomic E-state index is 5.46. The van der Waals surface area contributed by atoms with Crippen molar-refractivity contribution in [1.82, 2.24) is 24.8 Å². The van der Waals surface area contributed by atoms with Gasteiger partial charge in [0.05, 0.1) is 12.9 Å². The van der Waals surface area contributed by atoms with Gasteiger partial charge in [-0.05, 0) is 12.3 Å². The van der Waals surface area contributed by atoms with Crippen molar-refractivity contribution in [2.45, 2.75) is 6.42 Å². The number of fused-ring (bicyclic) bond motifs is 1. The zero-order valence-electron chi connectivity index (χ0n) is 12.0. The van der Waals surface area contributed by atoms with Crippen LogP contribution in [0.15, 0.2) is 12.7 Å². The predicted molar refractivity (Wildman–Crippen MR) is 79.3 cm³/mol. The van der Waals surface area contributed by atoms with Gasteiger partial charge in [0.2, 0.25) is 0 Å². The third-order valence-corrected chi connectivity index (χ3v) is 4.42. The fourth-order valence-corrected chi connectivity index (χ4v) is 3.23. The number of ether oxygens (including phenoxy) is 1. The van der Waals surface area contributed by atoms with Crippen molar-refractivity contribution >= 4 is 17.0 Å². The largest absolute Gasteiger partial charge is 0.381 e. The maximum Gasteiger partial charge on any atom is 0.182 e. The average Bonchev–Trinajstić information content (AvgIpc) is 3.18. The molecule has 2 aromatic rings. The molecule has 0 amide bonds. The minimum atomic E-state index is 0.718. The van der Waals surface area contributed by atoms with E-state index >= 15 is 0 Å². The molecule has 1 N–H and O–H groups in total. The average molecular weight is 288 g/mol. The molecule has 0 saturated carbocycles. The second-order valence-corrected chi connectivity index (χ2v) is 5.82. The molecular formula is C14H20N6O. The fourth-order valence-electron chi connectivity index (χ4n) is 3.23. The molecule has 1 atom stereocenters. The van der Waals surface area contributed by atoms with Crippen LogP contribution in [0.3, 0.4) is 0 Å². The standard InChI is InChI=1S/C14H20N6O/c1-6-21-8-11(1)7-19-2-4-20(5-3-19)14-12-13(16-9-15-12)17-10-18-14/h9-11H,1-8H2,(H,15,16,17,18). The summed E-state index contributed by atoms with van der Waals surface area (Å²) in [6, 6.07) is 0. The van der Waals surface area contributed by atoms with Crippen LogP contribution in [0.2, 0.25) is 0 Å². The number of anilines is 1. The zero-order valence-corrected chi connectivity index (χ0v) is 12.0. The number of imidazole rings is 1. The Hall–Kier alpha value is -1.73. The van der Waals surface area contributed by atoms with Crippen molar-refractivity contribution in [2.24, 2.45) is 5.92 Å². The summed E-state index contributed by atoms with van der Waals surface area (Å²) in [5.41, 5.74) is 1.68. The molecule has 2 aliphatic rings. The first-order chi connectivity index (χ1) is 10.4. The molecule has 7 heteroatoms. The highest BCUT2D eigenvalue weighted by Gasteiger charge is 2.24. The number of aromatic nitrogens is 4. The molecule has 2 saturated heterocycles.